The summed E-state index contributed by atoms with van der Waals surface area (Å²) in [6, 6.07) is 5.81. The minimum absolute atomic E-state index is 0.0150. The maximum Gasteiger partial charge on any atom is 0.322 e. The van der Waals surface area contributed by atoms with Crippen molar-refractivity contribution in [3.8, 4) is 5.75 Å². The second kappa shape index (κ2) is 5.71. The van der Waals surface area contributed by atoms with Crippen LogP contribution in [0, 0.1) is 5.92 Å². The van der Waals surface area contributed by atoms with Crippen molar-refractivity contribution >= 4 is 11.7 Å². The Labute approximate surface area is 119 Å². The molecule has 0 atom stereocenters. The first kappa shape index (κ1) is 13.2. The number of nitrogens with one attached hydrogen (secondary N) is 2. The van der Waals surface area contributed by atoms with Gasteiger partial charge in [0.2, 0.25) is 0 Å². The molecule has 1 saturated heterocycles. The lowest BCUT2D eigenvalue weighted by Gasteiger charge is -2.33. The second-order valence-corrected chi connectivity index (χ2v) is 5.53. The van der Waals surface area contributed by atoms with E-state index in [1.165, 1.54) is 0 Å². The Balaban J connectivity index is 1.71. The summed E-state index contributed by atoms with van der Waals surface area (Å²) in [6.45, 7) is 3.63. The number of carbonyl (C=O) groups is 1. The van der Waals surface area contributed by atoms with Crippen LogP contribution < -0.4 is 15.4 Å². The van der Waals surface area contributed by atoms with E-state index >= 15 is 0 Å². The summed E-state index contributed by atoms with van der Waals surface area (Å²) >= 11 is 0. The highest BCUT2D eigenvalue weighted by atomic mass is 16.5. The number of ether oxygens (including phenoxy) is 1. The smallest absolute Gasteiger partial charge is 0.322 e. The number of piperidine rings is 1. The van der Waals surface area contributed by atoms with Gasteiger partial charge in [-0.1, -0.05) is 0 Å². The highest BCUT2D eigenvalue weighted by molar-refractivity contribution is 5.92. The Morgan fingerprint density at radius 3 is 2.90 bits per heavy atom. The van der Waals surface area contributed by atoms with Gasteiger partial charge in [0, 0.05) is 18.8 Å². The summed E-state index contributed by atoms with van der Waals surface area (Å²) in [5.74, 6) is 1.44. The van der Waals surface area contributed by atoms with Crippen molar-refractivity contribution in [3.05, 3.63) is 23.8 Å². The molecule has 2 amide bonds. The third-order valence-electron chi connectivity index (χ3n) is 4.14. The SMILES string of the molecule is COc1ccc2c(c1)CN(CC1CCNCC1)C(=O)N2. The van der Waals surface area contributed by atoms with Crippen molar-refractivity contribution in [2.45, 2.75) is 19.4 Å². The van der Waals surface area contributed by atoms with Gasteiger partial charge in [-0.2, -0.15) is 0 Å². The molecule has 108 valence electrons. The Morgan fingerprint density at radius 2 is 2.15 bits per heavy atom. The fourth-order valence-electron chi connectivity index (χ4n) is 2.94. The lowest BCUT2D eigenvalue weighted by atomic mass is 9.97. The molecule has 3 rings (SSSR count). The minimum Gasteiger partial charge on any atom is -0.497 e. The predicted octanol–water partition coefficient (Wildman–Crippen LogP) is 2.04. The van der Waals surface area contributed by atoms with E-state index in [1.54, 1.807) is 7.11 Å². The van der Waals surface area contributed by atoms with E-state index in [2.05, 4.69) is 10.6 Å². The Kier molecular flexibility index (Phi) is 3.78. The Morgan fingerprint density at radius 1 is 1.35 bits per heavy atom. The summed E-state index contributed by atoms with van der Waals surface area (Å²) in [6.07, 6.45) is 2.30. The molecule has 2 heterocycles. The number of methoxy groups -OCH3 is 1. The molecule has 2 aliphatic heterocycles. The van der Waals surface area contributed by atoms with Gasteiger partial charge in [0.15, 0.2) is 0 Å². The van der Waals surface area contributed by atoms with Gasteiger partial charge in [-0.3, -0.25) is 0 Å². The normalized spacial score (nSPS) is 19.4. The van der Waals surface area contributed by atoms with E-state index in [9.17, 15) is 4.79 Å². The van der Waals surface area contributed by atoms with Crippen molar-refractivity contribution in [2.24, 2.45) is 5.92 Å². The standard InChI is InChI=1S/C15H21N3O2/c1-20-13-2-3-14-12(8-13)10-18(15(19)17-14)9-11-4-6-16-7-5-11/h2-3,8,11,16H,4-7,9-10H2,1H3,(H,17,19). The minimum atomic E-state index is 0.0150. The van der Waals surface area contributed by atoms with Crippen LogP contribution in [0.4, 0.5) is 10.5 Å². The number of urea groups is 1. The van der Waals surface area contributed by atoms with E-state index in [-0.39, 0.29) is 6.03 Å². The molecule has 0 bridgehead atoms. The fraction of sp³-hybridized carbons (Fsp3) is 0.533. The number of hydrogen-bond acceptors (Lipinski definition) is 3. The van der Waals surface area contributed by atoms with Crippen molar-refractivity contribution in [1.29, 1.82) is 0 Å². The van der Waals surface area contributed by atoms with Crippen LogP contribution in [0.15, 0.2) is 18.2 Å². The second-order valence-electron chi connectivity index (χ2n) is 5.53. The van der Waals surface area contributed by atoms with Gasteiger partial charge in [-0.15, -0.1) is 0 Å². The zero-order valence-corrected chi connectivity index (χ0v) is 11.8. The first-order valence-electron chi connectivity index (χ1n) is 7.20. The first-order chi connectivity index (χ1) is 9.76. The monoisotopic (exact) mass is 275 g/mol. The number of hydrogen-bond donors (Lipinski definition) is 2. The maximum atomic E-state index is 12.2. The van der Waals surface area contributed by atoms with E-state index in [0.717, 1.165) is 49.5 Å². The molecule has 1 aromatic carbocycles. The van der Waals surface area contributed by atoms with Gasteiger partial charge in [0.1, 0.15) is 5.75 Å². The summed E-state index contributed by atoms with van der Waals surface area (Å²) in [4.78, 5) is 14.1. The van der Waals surface area contributed by atoms with Gasteiger partial charge in [-0.05, 0) is 55.6 Å². The van der Waals surface area contributed by atoms with Gasteiger partial charge in [-0.25, -0.2) is 4.79 Å². The van der Waals surface area contributed by atoms with Crippen LogP contribution in [-0.2, 0) is 6.54 Å². The van der Waals surface area contributed by atoms with Gasteiger partial charge in [0.25, 0.3) is 0 Å². The van der Waals surface area contributed by atoms with E-state index in [4.69, 9.17) is 4.74 Å². The summed E-state index contributed by atoms with van der Waals surface area (Å²) in [5.41, 5.74) is 2.02. The molecule has 0 spiro atoms. The first-order valence-corrected chi connectivity index (χ1v) is 7.20. The molecule has 1 fully saturated rings. The fourth-order valence-corrected chi connectivity index (χ4v) is 2.94. The van der Waals surface area contributed by atoms with E-state index in [1.807, 2.05) is 23.1 Å². The number of carbonyl (C=O) groups excluding carboxylic acids is 1. The summed E-state index contributed by atoms with van der Waals surface area (Å²) in [7, 11) is 1.66. The molecule has 2 aliphatic rings. The molecule has 0 unspecified atom stereocenters. The molecule has 2 N–H and O–H groups in total. The molecular weight excluding hydrogens is 254 g/mol. The Bertz CT molecular complexity index is 498. The van der Waals surface area contributed by atoms with Crippen LogP contribution in [0.3, 0.4) is 0 Å². The van der Waals surface area contributed by atoms with Crippen LogP contribution in [0.5, 0.6) is 5.75 Å². The van der Waals surface area contributed by atoms with Crippen LogP contribution in [0.1, 0.15) is 18.4 Å². The van der Waals surface area contributed by atoms with E-state index < -0.39 is 0 Å². The van der Waals surface area contributed by atoms with Gasteiger partial charge >= 0.3 is 6.03 Å². The number of benzene rings is 1. The molecule has 5 nitrogen and oxygen atoms in total. The van der Waals surface area contributed by atoms with Crippen LogP contribution in [-0.4, -0.2) is 37.7 Å². The van der Waals surface area contributed by atoms with Crippen molar-refractivity contribution < 1.29 is 9.53 Å². The summed E-state index contributed by atoms with van der Waals surface area (Å²) < 4.78 is 5.25. The quantitative estimate of drug-likeness (QED) is 0.887. The molecule has 0 aromatic heterocycles. The van der Waals surface area contributed by atoms with Gasteiger partial charge < -0.3 is 20.3 Å². The van der Waals surface area contributed by atoms with Crippen molar-refractivity contribution in [3.63, 3.8) is 0 Å². The molecule has 20 heavy (non-hydrogen) atoms. The lowest BCUT2D eigenvalue weighted by molar-refractivity contribution is 0.186. The largest absolute Gasteiger partial charge is 0.497 e. The molecule has 5 heteroatoms. The number of amides is 2. The van der Waals surface area contributed by atoms with Crippen LogP contribution in [0.25, 0.3) is 0 Å². The highest BCUT2D eigenvalue weighted by Gasteiger charge is 2.26. The van der Waals surface area contributed by atoms with Gasteiger partial charge in [0.05, 0.1) is 7.11 Å². The average Bonchev–Trinajstić information content (AvgIpc) is 2.48. The van der Waals surface area contributed by atoms with Crippen LogP contribution >= 0.6 is 0 Å². The topological polar surface area (TPSA) is 53.6 Å². The molecule has 0 aliphatic carbocycles. The number of fused-ring (bicyclic) bond motifs is 1. The number of anilines is 1. The molecule has 0 saturated carbocycles. The van der Waals surface area contributed by atoms with E-state index in [0.29, 0.717) is 12.5 Å². The number of nitrogens with zero attached hydrogens (tertiary/aromatic N) is 1. The number of rotatable bonds is 3. The predicted molar refractivity (Wildman–Crippen MR) is 78.0 cm³/mol. The molecular formula is C15H21N3O2. The highest BCUT2D eigenvalue weighted by Crippen LogP contribution is 2.28. The van der Waals surface area contributed by atoms with Crippen LogP contribution in [0.2, 0.25) is 0 Å². The zero-order valence-electron chi connectivity index (χ0n) is 11.8. The lowest BCUT2D eigenvalue weighted by Crippen LogP contribution is -2.43. The average molecular weight is 275 g/mol. The third-order valence-corrected chi connectivity index (χ3v) is 4.14. The maximum absolute atomic E-state index is 12.2. The van der Waals surface area contributed by atoms with Crippen molar-refractivity contribution in [2.75, 3.05) is 32.1 Å². The molecule has 0 radical (unpaired) electrons. The summed E-state index contributed by atoms with van der Waals surface area (Å²) in [5, 5.41) is 6.32. The third kappa shape index (κ3) is 2.72. The Hall–Kier alpha value is -1.75. The zero-order chi connectivity index (χ0) is 13.9. The van der Waals surface area contributed by atoms with Crippen molar-refractivity contribution in [1.82, 2.24) is 10.2 Å². The molecule has 1 aromatic rings.